The van der Waals surface area contributed by atoms with Gasteiger partial charge in [-0.1, -0.05) is 17.7 Å². The van der Waals surface area contributed by atoms with Gasteiger partial charge in [0.1, 0.15) is 0 Å². The maximum absolute atomic E-state index is 12.1. The maximum Gasteiger partial charge on any atom is 0.401 e. The SMILES string of the molecule is Cc1ccc(NC(N)=NCCN(C)CC(F)(F)F)cc1.I. The van der Waals surface area contributed by atoms with E-state index in [2.05, 4.69) is 10.3 Å². The molecule has 1 rings (SSSR count). The number of hydrogen-bond donors (Lipinski definition) is 2. The van der Waals surface area contributed by atoms with E-state index < -0.39 is 12.7 Å². The molecule has 0 radical (unpaired) electrons. The minimum absolute atomic E-state index is 0. The van der Waals surface area contributed by atoms with Crippen molar-refractivity contribution in [2.45, 2.75) is 13.1 Å². The van der Waals surface area contributed by atoms with Crippen LogP contribution in [0.2, 0.25) is 0 Å². The van der Waals surface area contributed by atoms with Crippen molar-refractivity contribution < 1.29 is 13.2 Å². The molecule has 0 aliphatic rings. The summed E-state index contributed by atoms with van der Waals surface area (Å²) < 4.78 is 36.3. The van der Waals surface area contributed by atoms with Crippen LogP contribution in [-0.4, -0.2) is 43.7 Å². The van der Waals surface area contributed by atoms with Gasteiger partial charge in [-0.15, -0.1) is 24.0 Å². The van der Waals surface area contributed by atoms with Gasteiger partial charge < -0.3 is 11.1 Å². The minimum atomic E-state index is -4.19. The molecule has 0 fully saturated rings. The van der Waals surface area contributed by atoms with E-state index in [1.165, 1.54) is 7.05 Å². The molecule has 8 heteroatoms. The molecule has 0 aliphatic heterocycles. The third-order valence-corrected chi connectivity index (χ3v) is 2.54. The quantitative estimate of drug-likeness (QED) is 0.441. The number of anilines is 1. The second-order valence-electron chi connectivity index (χ2n) is 4.61. The van der Waals surface area contributed by atoms with E-state index in [9.17, 15) is 13.2 Å². The lowest BCUT2D eigenvalue weighted by molar-refractivity contribution is -0.142. The Bertz CT molecular complexity index is 446. The van der Waals surface area contributed by atoms with E-state index >= 15 is 0 Å². The molecule has 1 aromatic rings. The van der Waals surface area contributed by atoms with Gasteiger partial charge in [0, 0.05) is 12.2 Å². The molecule has 4 nitrogen and oxygen atoms in total. The van der Waals surface area contributed by atoms with Gasteiger partial charge in [-0.25, -0.2) is 0 Å². The first-order chi connectivity index (χ1) is 9.26. The predicted octanol–water partition coefficient (Wildman–Crippen LogP) is 2.83. The van der Waals surface area contributed by atoms with Crippen LogP contribution >= 0.6 is 24.0 Å². The average Bonchev–Trinajstić information content (AvgIpc) is 2.29. The molecule has 0 aliphatic carbocycles. The first kappa shape index (κ1) is 20.0. The van der Waals surface area contributed by atoms with Gasteiger partial charge in [0.2, 0.25) is 0 Å². The first-order valence-corrected chi connectivity index (χ1v) is 6.15. The monoisotopic (exact) mass is 416 g/mol. The van der Waals surface area contributed by atoms with Gasteiger partial charge in [-0.2, -0.15) is 13.2 Å². The fourth-order valence-corrected chi connectivity index (χ4v) is 1.55. The van der Waals surface area contributed by atoms with Crippen molar-refractivity contribution in [3.05, 3.63) is 29.8 Å². The molecule has 0 amide bonds. The Labute approximate surface area is 139 Å². The molecule has 0 saturated carbocycles. The maximum atomic E-state index is 12.1. The molecule has 0 saturated heterocycles. The molecule has 0 bridgehead atoms. The summed E-state index contributed by atoms with van der Waals surface area (Å²) in [5.41, 5.74) is 7.57. The second-order valence-corrected chi connectivity index (χ2v) is 4.61. The number of rotatable bonds is 5. The Morgan fingerprint density at radius 2 is 1.86 bits per heavy atom. The number of nitrogens with one attached hydrogen (secondary N) is 1. The third-order valence-electron chi connectivity index (χ3n) is 2.54. The number of likely N-dealkylation sites (N-methyl/N-ethyl adjacent to an activating group) is 1. The van der Waals surface area contributed by atoms with Crippen molar-refractivity contribution in [1.29, 1.82) is 0 Å². The largest absolute Gasteiger partial charge is 0.401 e. The molecule has 21 heavy (non-hydrogen) atoms. The van der Waals surface area contributed by atoms with Crippen LogP contribution in [0.3, 0.4) is 0 Å². The van der Waals surface area contributed by atoms with Crippen molar-refractivity contribution in [2.75, 3.05) is 32.0 Å². The average molecular weight is 416 g/mol. The molecule has 0 aromatic heterocycles. The lowest BCUT2D eigenvalue weighted by atomic mass is 10.2. The van der Waals surface area contributed by atoms with Crippen molar-refractivity contribution in [2.24, 2.45) is 10.7 Å². The summed E-state index contributed by atoms with van der Waals surface area (Å²) in [7, 11) is 1.40. The molecule has 3 N–H and O–H groups in total. The molecular formula is C13H20F3IN4. The Morgan fingerprint density at radius 3 is 2.38 bits per heavy atom. The van der Waals surface area contributed by atoms with Crippen LogP contribution in [0.5, 0.6) is 0 Å². The number of aliphatic imine (C=N–C) groups is 1. The van der Waals surface area contributed by atoms with E-state index in [0.717, 1.165) is 16.2 Å². The summed E-state index contributed by atoms with van der Waals surface area (Å²) in [4.78, 5) is 5.14. The fourth-order valence-electron chi connectivity index (χ4n) is 1.55. The zero-order valence-electron chi connectivity index (χ0n) is 11.9. The van der Waals surface area contributed by atoms with Crippen molar-refractivity contribution in [1.82, 2.24) is 4.90 Å². The molecular weight excluding hydrogens is 396 g/mol. The lowest BCUT2D eigenvalue weighted by Crippen LogP contribution is -2.33. The number of hydrogen-bond acceptors (Lipinski definition) is 2. The van der Waals surface area contributed by atoms with E-state index in [1.54, 1.807) is 0 Å². The summed E-state index contributed by atoms with van der Waals surface area (Å²) in [6, 6.07) is 7.56. The summed E-state index contributed by atoms with van der Waals surface area (Å²) in [5, 5.41) is 2.88. The summed E-state index contributed by atoms with van der Waals surface area (Å²) in [6.45, 7) is 1.42. The van der Waals surface area contributed by atoms with Gasteiger partial charge in [-0.05, 0) is 26.1 Å². The van der Waals surface area contributed by atoms with Crippen LogP contribution in [0.1, 0.15) is 5.56 Å². The highest BCUT2D eigenvalue weighted by atomic mass is 127. The number of nitrogens with zero attached hydrogens (tertiary/aromatic N) is 2. The van der Waals surface area contributed by atoms with Crippen molar-refractivity contribution in [3.8, 4) is 0 Å². The van der Waals surface area contributed by atoms with E-state index in [4.69, 9.17) is 5.73 Å². The number of aryl methyl sites for hydroxylation is 1. The number of benzene rings is 1. The zero-order valence-corrected chi connectivity index (χ0v) is 14.3. The fraction of sp³-hybridized carbons (Fsp3) is 0.462. The molecule has 0 heterocycles. The summed E-state index contributed by atoms with van der Waals surface area (Å²) in [5.74, 6) is 0.189. The minimum Gasteiger partial charge on any atom is -0.370 e. The highest BCUT2D eigenvalue weighted by Gasteiger charge is 2.28. The molecule has 0 unspecified atom stereocenters. The molecule has 0 spiro atoms. The molecule has 1 aromatic carbocycles. The summed E-state index contributed by atoms with van der Waals surface area (Å²) in [6.07, 6.45) is -4.19. The van der Waals surface area contributed by atoms with Gasteiger partial charge in [-0.3, -0.25) is 9.89 Å². The predicted molar refractivity (Wildman–Crippen MR) is 90.3 cm³/mol. The van der Waals surface area contributed by atoms with Gasteiger partial charge in [0.05, 0.1) is 13.1 Å². The Kier molecular flexibility index (Phi) is 8.64. The number of halogens is 4. The molecule has 0 atom stereocenters. The van der Waals surface area contributed by atoms with E-state index in [0.29, 0.717) is 0 Å². The topological polar surface area (TPSA) is 53.6 Å². The van der Waals surface area contributed by atoms with E-state index in [1.807, 2.05) is 31.2 Å². The van der Waals surface area contributed by atoms with Crippen molar-refractivity contribution >= 4 is 35.6 Å². The smallest absolute Gasteiger partial charge is 0.370 e. The van der Waals surface area contributed by atoms with Crippen LogP contribution in [0.15, 0.2) is 29.3 Å². The van der Waals surface area contributed by atoms with Crippen molar-refractivity contribution in [3.63, 3.8) is 0 Å². The van der Waals surface area contributed by atoms with Crippen LogP contribution in [0, 0.1) is 6.92 Å². The van der Waals surface area contributed by atoms with Gasteiger partial charge >= 0.3 is 6.18 Å². The van der Waals surface area contributed by atoms with Gasteiger partial charge in [0.25, 0.3) is 0 Å². The third kappa shape index (κ3) is 9.51. The zero-order chi connectivity index (χ0) is 15.2. The first-order valence-electron chi connectivity index (χ1n) is 6.15. The molecule has 120 valence electrons. The van der Waals surface area contributed by atoms with Crippen LogP contribution in [0.4, 0.5) is 18.9 Å². The van der Waals surface area contributed by atoms with E-state index in [-0.39, 0.29) is 43.0 Å². The number of alkyl halides is 3. The van der Waals surface area contributed by atoms with Crippen LogP contribution in [0.25, 0.3) is 0 Å². The highest BCUT2D eigenvalue weighted by Crippen LogP contribution is 2.15. The number of guanidine groups is 1. The Hall–Kier alpha value is -1.03. The standard InChI is InChI=1S/C13H19F3N4.HI/c1-10-3-5-11(6-4-10)19-12(17)18-7-8-20(2)9-13(14,15)16;/h3-6H,7-9H2,1-2H3,(H3,17,18,19);1H. The Morgan fingerprint density at radius 1 is 1.29 bits per heavy atom. The second kappa shape index (κ2) is 9.08. The Balaban J connectivity index is 0.00000400. The van der Waals surface area contributed by atoms with Gasteiger partial charge in [0.15, 0.2) is 5.96 Å². The van der Waals surface area contributed by atoms with Crippen LogP contribution in [-0.2, 0) is 0 Å². The lowest BCUT2D eigenvalue weighted by Gasteiger charge is -2.17. The van der Waals surface area contributed by atoms with Crippen LogP contribution < -0.4 is 11.1 Å². The normalized spacial score (nSPS) is 12.2. The number of nitrogens with two attached hydrogens (primary N) is 1. The highest BCUT2D eigenvalue weighted by molar-refractivity contribution is 14.0. The summed E-state index contributed by atoms with van der Waals surface area (Å²) >= 11 is 0.